The molecular formula is C22H25N3O3. The molecule has 4 aliphatic rings. The molecular weight excluding hydrogens is 354 g/mol. The number of rotatable bonds is 5. The average Bonchev–Trinajstić information content (AvgIpc) is 2.66. The van der Waals surface area contributed by atoms with Crippen LogP contribution >= 0.6 is 0 Å². The highest BCUT2D eigenvalue weighted by atomic mass is 16.4. The van der Waals surface area contributed by atoms with Crippen LogP contribution in [-0.2, 0) is 16.0 Å². The number of benzene rings is 1. The van der Waals surface area contributed by atoms with Crippen LogP contribution in [0.15, 0.2) is 30.5 Å². The van der Waals surface area contributed by atoms with Gasteiger partial charge in [-0.2, -0.15) is 0 Å². The second-order valence-corrected chi connectivity index (χ2v) is 9.12. The third kappa shape index (κ3) is 3.05. The van der Waals surface area contributed by atoms with E-state index in [-0.39, 0.29) is 17.7 Å². The summed E-state index contributed by atoms with van der Waals surface area (Å²) in [5.41, 5.74) is 1.74. The predicted molar refractivity (Wildman–Crippen MR) is 103 cm³/mol. The van der Waals surface area contributed by atoms with Crippen molar-refractivity contribution in [2.45, 2.75) is 51.0 Å². The minimum atomic E-state index is -1.02. The third-order valence-electron chi connectivity index (χ3n) is 7.04. The summed E-state index contributed by atoms with van der Waals surface area (Å²) in [5, 5.41) is 12.6. The van der Waals surface area contributed by atoms with Gasteiger partial charge in [0.15, 0.2) is 0 Å². The van der Waals surface area contributed by atoms with Crippen molar-refractivity contribution in [1.29, 1.82) is 0 Å². The van der Waals surface area contributed by atoms with E-state index in [9.17, 15) is 14.7 Å². The van der Waals surface area contributed by atoms with Gasteiger partial charge in [-0.15, -0.1) is 0 Å². The van der Waals surface area contributed by atoms with Crippen molar-refractivity contribution in [2.24, 2.45) is 23.2 Å². The number of carboxylic acids is 1. The largest absolute Gasteiger partial charge is 0.480 e. The van der Waals surface area contributed by atoms with Gasteiger partial charge in [0, 0.05) is 18.0 Å². The third-order valence-corrected chi connectivity index (χ3v) is 7.04. The molecule has 4 saturated carbocycles. The van der Waals surface area contributed by atoms with E-state index in [1.54, 1.807) is 6.20 Å². The fraction of sp³-hybridized carbons (Fsp3) is 0.545. The number of carbonyl (C=O) groups excluding carboxylic acids is 1. The zero-order chi connectivity index (χ0) is 19.3. The van der Waals surface area contributed by atoms with Gasteiger partial charge in [-0.1, -0.05) is 12.1 Å². The molecule has 0 radical (unpaired) electrons. The first-order chi connectivity index (χ1) is 13.5. The first kappa shape index (κ1) is 17.6. The van der Waals surface area contributed by atoms with Crippen molar-refractivity contribution in [1.82, 2.24) is 15.3 Å². The predicted octanol–water partition coefficient (Wildman–Crippen LogP) is 2.96. The number of carbonyl (C=O) groups is 2. The van der Waals surface area contributed by atoms with Crippen molar-refractivity contribution in [3.63, 3.8) is 0 Å². The van der Waals surface area contributed by atoms with Gasteiger partial charge in [0.05, 0.1) is 16.7 Å². The second kappa shape index (κ2) is 6.54. The van der Waals surface area contributed by atoms with Crippen molar-refractivity contribution >= 4 is 22.9 Å². The normalized spacial score (nSPS) is 31.6. The fourth-order valence-electron chi connectivity index (χ4n) is 6.20. The van der Waals surface area contributed by atoms with E-state index in [4.69, 9.17) is 0 Å². The van der Waals surface area contributed by atoms with Crippen LogP contribution in [0, 0.1) is 23.2 Å². The summed E-state index contributed by atoms with van der Waals surface area (Å²) in [6.07, 6.45) is 8.28. The SMILES string of the molecule is O=C(O)[C@@H](Cc1cnc2ccccc2n1)NC(=O)C12CC3CC(CC(C3)C1)C2. The molecule has 2 N–H and O–H groups in total. The molecule has 4 fully saturated rings. The number of nitrogens with one attached hydrogen (secondary N) is 1. The maximum Gasteiger partial charge on any atom is 0.326 e. The molecule has 6 heteroatoms. The average molecular weight is 379 g/mol. The van der Waals surface area contributed by atoms with Crippen LogP contribution in [0.5, 0.6) is 0 Å². The number of aromatic nitrogens is 2. The Bertz CT molecular complexity index is 906. The molecule has 146 valence electrons. The fourth-order valence-corrected chi connectivity index (χ4v) is 6.20. The van der Waals surface area contributed by atoms with E-state index < -0.39 is 12.0 Å². The number of hydrogen-bond acceptors (Lipinski definition) is 4. The van der Waals surface area contributed by atoms with Crippen LogP contribution in [0.2, 0.25) is 0 Å². The molecule has 6 nitrogen and oxygen atoms in total. The number of amides is 1. The highest BCUT2D eigenvalue weighted by Gasteiger charge is 2.54. The summed E-state index contributed by atoms with van der Waals surface area (Å²) in [4.78, 5) is 33.9. The van der Waals surface area contributed by atoms with Crippen molar-refractivity contribution in [2.75, 3.05) is 0 Å². The number of carboxylic acid groups (broad SMARTS) is 1. The number of hydrogen-bond donors (Lipinski definition) is 2. The summed E-state index contributed by atoms with van der Waals surface area (Å²) in [6, 6.07) is 6.52. The molecule has 4 bridgehead atoms. The van der Waals surface area contributed by atoms with E-state index >= 15 is 0 Å². The Balaban J connectivity index is 1.34. The smallest absolute Gasteiger partial charge is 0.326 e. The van der Waals surface area contributed by atoms with Gasteiger partial charge in [0.2, 0.25) is 5.91 Å². The van der Waals surface area contributed by atoms with E-state index in [2.05, 4.69) is 15.3 Å². The van der Waals surface area contributed by atoms with Crippen LogP contribution in [0.4, 0.5) is 0 Å². The standard InChI is InChI=1S/C22H25N3O3/c26-20(27)19(8-16-12-23-17-3-1-2-4-18(17)24-16)25-21(28)22-9-13-5-14(10-22)7-15(6-13)11-22/h1-4,12-15,19H,5-11H2,(H,25,28)(H,26,27)/t13?,14?,15?,19-,22?/m1/s1. The van der Waals surface area contributed by atoms with E-state index in [1.165, 1.54) is 19.3 Å². The summed E-state index contributed by atoms with van der Waals surface area (Å²) in [5.74, 6) is 0.852. The van der Waals surface area contributed by atoms with Gasteiger partial charge in [-0.05, 0) is 68.4 Å². The molecule has 6 rings (SSSR count). The first-order valence-electron chi connectivity index (χ1n) is 10.3. The van der Waals surface area contributed by atoms with Crippen LogP contribution in [0.25, 0.3) is 11.0 Å². The monoisotopic (exact) mass is 379 g/mol. The number of aliphatic carboxylic acids is 1. The Morgan fingerprint density at radius 2 is 1.68 bits per heavy atom. The van der Waals surface area contributed by atoms with Crippen LogP contribution in [0.1, 0.15) is 44.2 Å². The molecule has 0 saturated heterocycles. The van der Waals surface area contributed by atoms with Crippen LogP contribution in [0.3, 0.4) is 0 Å². The molecule has 28 heavy (non-hydrogen) atoms. The first-order valence-corrected chi connectivity index (χ1v) is 10.3. The van der Waals surface area contributed by atoms with E-state index in [1.807, 2.05) is 24.3 Å². The minimum absolute atomic E-state index is 0.0623. The molecule has 1 heterocycles. The van der Waals surface area contributed by atoms with Crippen LogP contribution < -0.4 is 5.32 Å². The number of fused-ring (bicyclic) bond motifs is 1. The van der Waals surface area contributed by atoms with Crippen LogP contribution in [-0.4, -0.2) is 33.0 Å². The maximum absolute atomic E-state index is 13.2. The number of para-hydroxylation sites is 2. The molecule has 1 aromatic heterocycles. The summed E-state index contributed by atoms with van der Waals surface area (Å²) < 4.78 is 0. The second-order valence-electron chi connectivity index (χ2n) is 9.12. The number of nitrogens with zero attached hydrogens (tertiary/aromatic N) is 2. The summed E-state index contributed by atoms with van der Waals surface area (Å²) in [6.45, 7) is 0. The Morgan fingerprint density at radius 1 is 1.07 bits per heavy atom. The molecule has 2 aromatic rings. The molecule has 1 aromatic carbocycles. The lowest BCUT2D eigenvalue weighted by Crippen LogP contribution is -2.56. The lowest BCUT2D eigenvalue weighted by Gasteiger charge is -2.55. The highest BCUT2D eigenvalue weighted by molar-refractivity contribution is 5.88. The highest BCUT2D eigenvalue weighted by Crippen LogP contribution is 2.60. The van der Waals surface area contributed by atoms with Crippen molar-refractivity contribution in [3.8, 4) is 0 Å². The minimum Gasteiger partial charge on any atom is -0.480 e. The van der Waals surface area contributed by atoms with Crippen molar-refractivity contribution < 1.29 is 14.7 Å². The Labute approximate surface area is 163 Å². The lowest BCUT2D eigenvalue weighted by atomic mass is 9.49. The topological polar surface area (TPSA) is 92.2 Å². The molecule has 0 spiro atoms. The summed E-state index contributed by atoms with van der Waals surface area (Å²) >= 11 is 0. The Hall–Kier alpha value is -2.50. The maximum atomic E-state index is 13.2. The quantitative estimate of drug-likeness (QED) is 0.833. The molecule has 1 atom stereocenters. The molecule has 4 aliphatic carbocycles. The van der Waals surface area contributed by atoms with Gasteiger partial charge in [-0.25, -0.2) is 9.78 Å². The van der Waals surface area contributed by atoms with Gasteiger partial charge in [0.1, 0.15) is 6.04 Å². The van der Waals surface area contributed by atoms with Gasteiger partial charge < -0.3 is 10.4 Å². The zero-order valence-corrected chi connectivity index (χ0v) is 15.8. The van der Waals surface area contributed by atoms with E-state index in [0.717, 1.165) is 30.3 Å². The van der Waals surface area contributed by atoms with Gasteiger partial charge in [0.25, 0.3) is 0 Å². The molecule has 1 amide bonds. The van der Waals surface area contributed by atoms with Crippen molar-refractivity contribution in [3.05, 3.63) is 36.2 Å². The zero-order valence-electron chi connectivity index (χ0n) is 15.8. The molecule has 0 aliphatic heterocycles. The summed E-state index contributed by atoms with van der Waals surface area (Å²) in [7, 11) is 0. The van der Waals surface area contributed by atoms with Gasteiger partial charge in [-0.3, -0.25) is 9.78 Å². The molecule has 0 unspecified atom stereocenters. The Morgan fingerprint density at radius 3 is 2.29 bits per heavy atom. The Kier molecular flexibility index (Phi) is 4.11. The van der Waals surface area contributed by atoms with Gasteiger partial charge >= 0.3 is 5.97 Å². The lowest BCUT2D eigenvalue weighted by molar-refractivity contribution is -0.151. The van der Waals surface area contributed by atoms with E-state index in [0.29, 0.717) is 23.4 Å².